The number of nitrogens with one attached hydrogen (secondary N) is 1. The van der Waals surface area contributed by atoms with Crippen molar-refractivity contribution in [2.75, 3.05) is 25.0 Å². The number of likely N-dealkylation sites (tertiary alicyclic amines) is 1. The molecule has 27 heavy (non-hydrogen) atoms. The minimum absolute atomic E-state index is 0.0599. The molecule has 1 amide bonds. The topological polar surface area (TPSA) is 49.3 Å². The third-order valence-corrected chi connectivity index (χ3v) is 5.64. The van der Waals surface area contributed by atoms with Crippen molar-refractivity contribution in [1.82, 2.24) is 0 Å². The Morgan fingerprint density at radius 3 is 2.19 bits per heavy atom. The Morgan fingerprint density at radius 2 is 1.59 bits per heavy atom. The van der Waals surface area contributed by atoms with Crippen LogP contribution in [0.5, 0.6) is 5.75 Å². The van der Waals surface area contributed by atoms with Crippen LogP contribution in [-0.2, 0) is 11.3 Å². The van der Waals surface area contributed by atoms with E-state index in [1.807, 2.05) is 19.9 Å². The van der Waals surface area contributed by atoms with Crippen molar-refractivity contribution in [2.45, 2.75) is 46.1 Å². The molecule has 1 fully saturated rings. The van der Waals surface area contributed by atoms with E-state index < -0.39 is 0 Å². The summed E-state index contributed by atoms with van der Waals surface area (Å²) in [6, 6.07) is 13.9. The van der Waals surface area contributed by atoms with Crippen LogP contribution >= 0.6 is 0 Å². The SMILES string of the molecule is Cc1cc(O)cc(C)c1NC(=O)C[N+]1(Cc2ccccc2)CCCCCC1. The number of carbonyl (C=O) groups is 1. The van der Waals surface area contributed by atoms with Gasteiger partial charge in [-0.1, -0.05) is 30.3 Å². The molecule has 0 aliphatic carbocycles. The van der Waals surface area contributed by atoms with Gasteiger partial charge in [0.15, 0.2) is 6.54 Å². The molecule has 1 saturated heterocycles. The summed E-state index contributed by atoms with van der Waals surface area (Å²) in [5.74, 6) is 0.299. The van der Waals surface area contributed by atoms with Gasteiger partial charge in [0.25, 0.3) is 5.91 Å². The molecule has 0 bridgehead atoms. The average Bonchev–Trinajstić information content (AvgIpc) is 2.84. The van der Waals surface area contributed by atoms with Gasteiger partial charge in [-0.15, -0.1) is 0 Å². The third-order valence-electron chi connectivity index (χ3n) is 5.64. The predicted octanol–water partition coefficient (Wildman–Crippen LogP) is 4.54. The summed E-state index contributed by atoms with van der Waals surface area (Å²) < 4.78 is 0.825. The van der Waals surface area contributed by atoms with Crippen LogP contribution in [0, 0.1) is 13.8 Å². The van der Waals surface area contributed by atoms with Crippen molar-refractivity contribution in [3.8, 4) is 5.75 Å². The molecule has 1 aliphatic heterocycles. The van der Waals surface area contributed by atoms with Gasteiger partial charge in [0.2, 0.25) is 0 Å². The molecule has 0 atom stereocenters. The average molecular weight is 368 g/mol. The highest BCUT2D eigenvalue weighted by Crippen LogP contribution is 2.27. The summed E-state index contributed by atoms with van der Waals surface area (Å²) in [7, 11) is 0. The molecule has 0 radical (unpaired) electrons. The number of carbonyl (C=O) groups excluding carboxylic acids is 1. The Labute approximate surface area is 162 Å². The summed E-state index contributed by atoms with van der Waals surface area (Å²) >= 11 is 0. The van der Waals surface area contributed by atoms with Crippen LogP contribution in [0.15, 0.2) is 42.5 Å². The highest BCUT2D eigenvalue weighted by molar-refractivity contribution is 5.93. The molecule has 1 heterocycles. The summed E-state index contributed by atoms with van der Waals surface area (Å²) in [4.78, 5) is 13.0. The van der Waals surface area contributed by atoms with Gasteiger partial charge in [-0.25, -0.2) is 0 Å². The molecule has 4 nitrogen and oxygen atoms in total. The van der Waals surface area contributed by atoms with Crippen molar-refractivity contribution in [1.29, 1.82) is 0 Å². The first-order chi connectivity index (χ1) is 13.0. The number of aromatic hydroxyl groups is 1. The van der Waals surface area contributed by atoms with Crippen LogP contribution in [0.3, 0.4) is 0 Å². The summed E-state index contributed by atoms with van der Waals surface area (Å²) in [5, 5.41) is 12.9. The summed E-state index contributed by atoms with van der Waals surface area (Å²) in [6.07, 6.45) is 4.87. The van der Waals surface area contributed by atoms with Gasteiger partial charge in [0.05, 0.1) is 13.1 Å². The molecule has 0 unspecified atom stereocenters. The molecule has 1 aliphatic rings. The van der Waals surface area contributed by atoms with Crippen LogP contribution in [0.4, 0.5) is 5.69 Å². The Balaban J connectivity index is 1.78. The smallest absolute Gasteiger partial charge is 0.279 e. The number of benzene rings is 2. The largest absolute Gasteiger partial charge is 0.508 e. The van der Waals surface area contributed by atoms with Crippen LogP contribution in [0.2, 0.25) is 0 Å². The van der Waals surface area contributed by atoms with E-state index in [2.05, 4.69) is 29.6 Å². The zero-order chi connectivity index (χ0) is 19.3. The van der Waals surface area contributed by atoms with E-state index in [0.717, 1.165) is 40.9 Å². The number of amides is 1. The second-order valence-corrected chi connectivity index (χ2v) is 8.01. The third kappa shape index (κ3) is 5.10. The number of phenolic OH excluding ortho intramolecular Hbond substituents is 1. The maximum absolute atomic E-state index is 13.0. The number of quaternary nitrogens is 1. The fourth-order valence-electron chi connectivity index (χ4n) is 4.32. The Hall–Kier alpha value is -2.33. The molecule has 4 heteroatoms. The Morgan fingerprint density at radius 1 is 1.00 bits per heavy atom. The van der Waals surface area contributed by atoms with Gasteiger partial charge in [-0.05, 0) is 62.8 Å². The molecule has 0 saturated carbocycles. The second kappa shape index (κ2) is 8.57. The van der Waals surface area contributed by atoms with Gasteiger partial charge >= 0.3 is 0 Å². The van der Waals surface area contributed by atoms with Crippen molar-refractivity contribution in [2.24, 2.45) is 0 Å². The molecule has 0 aromatic heterocycles. The fraction of sp³-hybridized carbons (Fsp3) is 0.435. The maximum Gasteiger partial charge on any atom is 0.279 e. The van der Waals surface area contributed by atoms with Crippen LogP contribution in [0.1, 0.15) is 42.4 Å². The van der Waals surface area contributed by atoms with E-state index in [0.29, 0.717) is 6.54 Å². The molecule has 0 spiro atoms. The molecular formula is C23H31N2O2+. The van der Waals surface area contributed by atoms with Gasteiger partial charge in [-0.2, -0.15) is 0 Å². The molecule has 2 aromatic rings. The maximum atomic E-state index is 13.0. The molecule has 3 rings (SSSR count). The lowest BCUT2D eigenvalue weighted by Gasteiger charge is -2.37. The van der Waals surface area contributed by atoms with E-state index >= 15 is 0 Å². The zero-order valence-corrected chi connectivity index (χ0v) is 16.5. The van der Waals surface area contributed by atoms with Gasteiger partial charge in [0.1, 0.15) is 12.3 Å². The monoisotopic (exact) mass is 367 g/mol. The van der Waals surface area contributed by atoms with Gasteiger partial charge in [-0.3, -0.25) is 4.79 Å². The summed E-state index contributed by atoms with van der Waals surface area (Å²) in [5.41, 5.74) is 3.91. The van der Waals surface area contributed by atoms with Crippen LogP contribution in [-0.4, -0.2) is 35.1 Å². The number of hydrogen-bond donors (Lipinski definition) is 2. The number of aryl methyl sites for hydroxylation is 2. The summed E-state index contributed by atoms with van der Waals surface area (Å²) in [6.45, 7) is 7.34. The van der Waals surface area contributed by atoms with Crippen LogP contribution in [0.25, 0.3) is 0 Å². The lowest BCUT2D eigenvalue weighted by Crippen LogP contribution is -2.52. The second-order valence-electron chi connectivity index (χ2n) is 8.01. The van der Waals surface area contributed by atoms with E-state index in [1.54, 1.807) is 12.1 Å². The van der Waals surface area contributed by atoms with Crippen molar-refractivity contribution in [3.05, 3.63) is 59.2 Å². The van der Waals surface area contributed by atoms with Crippen molar-refractivity contribution < 1.29 is 14.4 Å². The highest BCUT2D eigenvalue weighted by Gasteiger charge is 2.32. The molecule has 2 aromatic carbocycles. The minimum atomic E-state index is 0.0599. The first-order valence-electron chi connectivity index (χ1n) is 9.97. The molecular weight excluding hydrogens is 336 g/mol. The number of nitrogens with zero attached hydrogens (tertiary/aromatic N) is 1. The van der Waals surface area contributed by atoms with E-state index in [-0.39, 0.29) is 11.7 Å². The quantitative estimate of drug-likeness (QED) is 0.602. The minimum Gasteiger partial charge on any atom is -0.508 e. The lowest BCUT2D eigenvalue weighted by atomic mass is 10.1. The van der Waals surface area contributed by atoms with Crippen LogP contribution < -0.4 is 5.32 Å². The van der Waals surface area contributed by atoms with Gasteiger partial charge < -0.3 is 14.9 Å². The lowest BCUT2D eigenvalue weighted by molar-refractivity contribution is -0.932. The molecule has 2 N–H and O–H groups in total. The number of phenols is 1. The number of hydrogen-bond acceptors (Lipinski definition) is 2. The Bertz CT molecular complexity index is 755. The first-order valence-corrected chi connectivity index (χ1v) is 9.97. The van der Waals surface area contributed by atoms with Crippen molar-refractivity contribution in [3.63, 3.8) is 0 Å². The van der Waals surface area contributed by atoms with E-state index in [1.165, 1.54) is 31.2 Å². The first kappa shape index (κ1) is 19.4. The van der Waals surface area contributed by atoms with Crippen molar-refractivity contribution >= 4 is 11.6 Å². The Kier molecular flexibility index (Phi) is 6.17. The van der Waals surface area contributed by atoms with Gasteiger partial charge in [0, 0.05) is 11.3 Å². The number of anilines is 1. The molecule has 144 valence electrons. The normalized spacial score (nSPS) is 16.5. The van der Waals surface area contributed by atoms with E-state index in [4.69, 9.17) is 0 Å². The zero-order valence-electron chi connectivity index (χ0n) is 16.5. The fourth-order valence-corrected chi connectivity index (χ4v) is 4.32. The predicted molar refractivity (Wildman–Crippen MR) is 110 cm³/mol. The highest BCUT2D eigenvalue weighted by atomic mass is 16.3. The van der Waals surface area contributed by atoms with E-state index in [9.17, 15) is 9.90 Å². The number of rotatable bonds is 5. The standard InChI is InChI=1S/C23H30N2O2/c1-18-14-21(26)15-19(2)23(18)24-22(27)17-25(12-8-3-4-9-13-25)16-20-10-6-5-7-11-20/h5-7,10-11,14-15H,3-4,8-9,12-13,16-17H2,1-2H3,(H-,24,26,27)/p+1.